The zero-order valence-corrected chi connectivity index (χ0v) is 14.8. The lowest BCUT2D eigenvalue weighted by Gasteiger charge is -2.16. The predicted molar refractivity (Wildman–Crippen MR) is 99.3 cm³/mol. The Labute approximate surface area is 144 Å². The minimum Gasteiger partial charge on any atom is -0.383 e. The first-order chi connectivity index (χ1) is 11.8. The Hall–Kier alpha value is -1.99. The van der Waals surface area contributed by atoms with Crippen LogP contribution in [0.25, 0.3) is 20.4 Å². The van der Waals surface area contributed by atoms with Crippen LogP contribution in [0.1, 0.15) is 18.4 Å². The number of nitrogens with zero attached hydrogens (tertiary/aromatic N) is 4. The monoisotopic (exact) mass is 343 g/mol. The summed E-state index contributed by atoms with van der Waals surface area (Å²) in [6, 6.07) is 2.19. The molecule has 1 aliphatic rings. The van der Waals surface area contributed by atoms with Crippen molar-refractivity contribution in [3.63, 3.8) is 0 Å². The Morgan fingerprint density at radius 1 is 1.29 bits per heavy atom. The van der Waals surface area contributed by atoms with Crippen LogP contribution in [-0.4, -0.2) is 48.3 Å². The van der Waals surface area contributed by atoms with Gasteiger partial charge in [0.25, 0.3) is 0 Å². The number of fused-ring (bicyclic) bond motifs is 3. The highest BCUT2D eigenvalue weighted by atomic mass is 32.1. The molecule has 4 rings (SSSR count). The fraction of sp³-hybridized carbons (Fsp3) is 0.471. The van der Waals surface area contributed by atoms with Gasteiger partial charge in [-0.2, -0.15) is 0 Å². The lowest BCUT2D eigenvalue weighted by atomic mass is 10.2. The van der Waals surface area contributed by atoms with Crippen LogP contribution in [0.4, 0.5) is 11.6 Å². The Balaban J connectivity index is 1.81. The molecule has 7 heteroatoms. The zero-order chi connectivity index (χ0) is 16.5. The lowest BCUT2D eigenvalue weighted by molar-refractivity contribution is 0.210. The summed E-state index contributed by atoms with van der Waals surface area (Å²) < 4.78 is 6.17. The first-order valence-electron chi connectivity index (χ1n) is 8.30. The summed E-state index contributed by atoms with van der Waals surface area (Å²) in [7, 11) is 1.70. The Morgan fingerprint density at radius 3 is 2.92 bits per heavy atom. The van der Waals surface area contributed by atoms with Crippen molar-refractivity contribution in [3.8, 4) is 0 Å². The maximum absolute atomic E-state index is 5.11. The van der Waals surface area contributed by atoms with Crippen molar-refractivity contribution >= 4 is 43.4 Å². The van der Waals surface area contributed by atoms with Crippen molar-refractivity contribution in [2.45, 2.75) is 19.8 Å². The van der Waals surface area contributed by atoms with E-state index in [4.69, 9.17) is 9.72 Å². The number of pyridine rings is 1. The smallest absolute Gasteiger partial charge is 0.147 e. The molecule has 0 unspecified atom stereocenters. The molecule has 0 bridgehead atoms. The minimum absolute atomic E-state index is 0.646. The Morgan fingerprint density at radius 2 is 2.12 bits per heavy atom. The number of nitrogens with one attached hydrogen (secondary N) is 1. The van der Waals surface area contributed by atoms with Gasteiger partial charge in [-0.3, -0.25) is 0 Å². The molecule has 6 nitrogen and oxygen atoms in total. The Kier molecular flexibility index (Phi) is 4.20. The van der Waals surface area contributed by atoms with Crippen molar-refractivity contribution in [2.75, 3.05) is 43.6 Å². The molecule has 3 aromatic heterocycles. The maximum atomic E-state index is 5.11. The summed E-state index contributed by atoms with van der Waals surface area (Å²) in [4.78, 5) is 17.3. The van der Waals surface area contributed by atoms with E-state index in [1.807, 2.05) is 0 Å². The van der Waals surface area contributed by atoms with Gasteiger partial charge >= 0.3 is 0 Å². The molecule has 126 valence electrons. The first-order valence-corrected chi connectivity index (χ1v) is 9.12. The normalized spacial score (nSPS) is 14.8. The van der Waals surface area contributed by atoms with Crippen LogP contribution in [0.15, 0.2) is 12.4 Å². The molecule has 0 atom stereocenters. The maximum Gasteiger partial charge on any atom is 0.147 e. The number of anilines is 2. The van der Waals surface area contributed by atoms with Gasteiger partial charge in [0, 0.05) is 32.1 Å². The quantitative estimate of drug-likeness (QED) is 0.718. The van der Waals surface area contributed by atoms with Crippen LogP contribution in [0.2, 0.25) is 0 Å². The molecule has 1 saturated heterocycles. The number of aryl methyl sites for hydroxylation is 1. The van der Waals surface area contributed by atoms with Crippen LogP contribution >= 0.6 is 11.3 Å². The van der Waals surface area contributed by atoms with Crippen molar-refractivity contribution in [1.82, 2.24) is 15.0 Å². The van der Waals surface area contributed by atoms with Gasteiger partial charge in [0.1, 0.15) is 22.8 Å². The minimum atomic E-state index is 0.646. The summed E-state index contributed by atoms with van der Waals surface area (Å²) in [5, 5.41) is 4.48. The van der Waals surface area contributed by atoms with Crippen molar-refractivity contribution in [3.05, 3.63) is 18.0 Å². The molecule has 3 aromatic rings. The van der Waals surface area contributed by atoms with E-state index in [9.17, 15) is 0 Å². The van der Waals surface area contributed by atoms with Crippen LogP contribution in [0.5, 0.6) is 0 Å². The van der Waals surface area contributed by atoms with Gasteiger partial charge < -0.3 is 15.0 Å². The van der Waals surface area contributed by atoms with E-state index in [0.717, 1.165) is 51.7 Å². The van der Waals surface area contributed by atoms with Crippen LogP contribution in [-0.2, 0) is 4.74 Å². The summed E-state index contributed by atoms with van der Waals surface area (Å²) in [5.74, 6) is 1.95. The van der Waals surface area contributed by atoms with Crippen LogP contribution in [0, 0.1) is 6.92 Å². The van der Waals surface area contributed by atoms with Crippen molar-refractivity contribution < 1.29 is 4.74 Å². The molecular formula is C17H21N5OS. The largest absolute Gasteiger partial charge is 0.383 e. The fourth-order valence-electron chi connectivity index (χ4n) is 3.24. The number of ether oxygens (including phenoxy) is 1. The third kappa shape index (κ3) is 2.67. The molecule has 1 N–H and O–H groups in total. The van der Waals surface area contributed by atoms with Crippen molar-refractivity contribution in [1.29, 1.82) is 0 Å². The molecule has 24 heavy (non-hydrogen) atoms. The number of hydrogen-bond donors (Lipinski definition) is 1. The number of hydrogen-bond acceptors (Lipinski definition) is 7. The third-order valence-electron chi connectivity index (χ3n) is 4.44. The number of aromatic nitrogens is 3. The zero-order valence-electron chi connectivity index (χ0n) is 14.0. The Bertz CT molecular complexity index is 872. The number of thiophene rings is 1. The molecule has 0 radical (unpaired) electrons. The van der Waals surface area contributed by atoms with E-state index < -0.39 is 0 Å². The highest BCUT2D eigenvalue weighted by Crippen LogP contribution is 2.38. The van der Waals surface area contributed by atoms with E-state index in [1.54, 1.807) is 24.8 Å². The van der Waals surface area contributed by atoms with Gasteiger partial charge in [-0.1, -0.05) is 0 Å². The van der Waals surface area contributed by atoms with E-state index in [0.29, 0.717) is 6.61 Å². The van der Waals surface area contributed by atoms with Gasteiger partial charge in [0.15, 0.2) is 0 Å². The van der Waals surface area contributed by atoms with Gasteiger partial charge in [-0.05, 0) is 31.4 Å². The van der Waals surface area contributed by atoms with Crippen LogP contribution in [0.3, 0.4) is 0 Å². The summed E-state index contributed by atoms with van der Waals surface area (Å²) in [6.45, 7) is 5.73. The summed E-state index contributed by atoms with van der Waals surface area (Å²) >= 11 is 1.67. The van der Waals surface area contributed by atoms with E-state index in [2.05, 4.69) is 33.2 Å². The van der Waals surface area contributed by atoms with Crippen LogP contribution < -0.4 is 10.2 Å². The molecular weight excluding hydrogens is 322 g/mol. The van der Waals surface area contributed by atoms with Crippen molar-refractivity contribution in [2.24, 2.45) is 0 Å². The molecule has 0 aliphatic carbocycles. The molecule has 0 aromatic carbocycles. The summed E-state index contributed by atoms with van der Waals surface area (Å²) in [6.07, 6.45) is 4.13. The average Bonchev–Trinajstić information content (AvgIpc) is 3.23. The lowest BCUT2D eigenvalue weighted by Crippen LogP contribution is -2.18. The predicted octanol–water partition coefficient (Wildman–Crippen LogP) is 3.21. The second kappa shape index (κ2) is 6.49. The molecule has 4 heterocycles. The molecule has 1 aliphatic heterocycles. The standard InChI is InChI=1S/C17H21N5OS/c1-11-9-12(22-6-3-4-7-22)21-17-13(11)14-15(24-17)16(20-10-19-14)18-5-8-23-2/h9-10H,3-8H2,1-2H3,(H,18,19,20). The van der Waals surface area contributed by atoms with Gasteiger partial charge in [0.2, 0.25) is 0 Å². The van der Waals surface area contributed by atoms with E-state index >= 15 is 0 Å². The van der Waals surface area contributed by atoms with Gasteiger partial charge in [-0.25, -0.2) is 15.0 Å². The summed E-state index contributed by atoms with van der Waals surface area (Å²) in [5.41, 5.74) is 2.22. The molecule has 0 saturated carbocycles. The third-order valence-corrected chi connectivity index (χ3v) is 5.52. The fourth-order valence-corrected chi connectivity index (χ4v) is 4.40. The second-order valence-electron chi connectivity index (χ2n) is 6.09. The second-order valence-corrected chi connectivity index (χ2v) is 7.09. The SMILES string of the molecule is COCCNc1ncnc2c1sc1nc(N3CCCC3)cc(C)c12. The number of methoxy groups -OCH3 is 1. The molecule has 0 amide bonds. The first kappa shape index (κ1) is 15.5. The number of rotatable bonds is 5. The highest BCUT2D eigenvalue weighted by Gasteiger charge is 2.19. The topological polar surface area (TPSA) is 63.2 Å². The van der Waals surface area contributed by atoms with E-state index in [1.165, 1.54) is 18.4 Å². The highest BCUT2D eigenvalue weighted by molar-refractivity contribution is 7.26. The van der Waals surface area contributed by atoms with Gasteiger partial charge in [0.05, 0.1) is 16.8 Å². The average molecular weight is 343 g/mol. The molecule has 0 spiro atoms. The molecule has 1 fully saturated rings. The van der Waals surface area contributed by atoms with Gasteiger partial charge in [-0.15, -0.1) is 11.3 Å². The van der Waals surface area contributed by atoms with E-state index in [-0.39, 0.29) is 0 Å².